The molecule has 7 heteroatoms. The van der Waals surface area contributed by atoms with Gasteiger partial charge >= 0.3 is 0 Å². The SMILES string of the molecule is O=C(COc1cc(Cl)ccc1Cl)NN=Cc1cn(Cc2ccccc2)c2ccccc12. The summed E-state index contributed by atoms with van der Waals surface area (Å²) in [7, 11) is 0. The number of nitrogens with one attached hydrogen (secondary N) is 1. The molecule has 0 saturated carbocycles. The number of halogens is 2. The molecule has 4 aromatic rings. The van der Waals surface area contributed by atoms with Crippen LogP contribution in [0.25, 0.3) is 10.9 Å². The van der Waals surface area contributed by atoms with Crippen LogP contribution in [0.4, 0.5) is 0 Å². The minimum absolute atomic E-state index is 0.229. The van der Waals surface area contributed by atoms with Gasteiger partial charge in [0.15, 0.2) is 6.61 Å². The highest BCUT2D eigenvalue weighted by molar-refractivity contribution is 6.34. The van der Waals surface area contributed by atoms with Gasteiger partial charge in [0.2, 0.25) is 0 Å². The Balaban J connectivity index is 1.43. The van der Waals surface area contributed by atoms with E-state index in [0.717, 1.165) is 23.0 Å². The molecule has 0 saturated heterocycles. The van der Waals surface area contributed by atoms with E-state index in [1.165, 1.54) is 5.56 Å². The number of amides is 1. The minimum Gasteiger partial charge on any atom is -0.482 e. The average molecular weight is 452 g/mol. The van der Waals surface area contributed by atoms with Crippen molar-refractivity contribution in [2.24, 2.45) is 5.10 Å². The number of ether oxygens (including phenoxy) is 1. The van der Waals surface area contributed by atoms with E-state index >= 15 is 0 Å². The van der Waals surface area contributed by atoms with E-state index in [9.17, 15) is 4.79 Å². The van der Waals surface area contributed by atoms with Crippen LogP contribution in [0, 0.1) is 0 Å². The van der Waals surface area contributed by atoms with Gasteiger partial charge < -0.3 is 9.30 Å². The number of fused-ring (bicyclic) bond motifs is 1. The Hall–Kier alpha value is -3.28. The van der Waals surface area contributed by atoms with E-state index in [2.05, 4.69) is 33.3 Å². The molecule has 0 fully saturated rings. The number of carbonyl (C=O) groups excluding carboxylic acids is 1. The van der Waals surface area contributed by atoms with E-state index in [4.69, 9.17) is 27.9 Å². The average Bonchev–Trinajstić information content (AvgIpc) is 3.12. The maximum atomic E-state index is 12.1. The lowest BCUT2D eigenvalue weighted by atomic mass is 10.2. The van der Waals surface area contributed by atoms with Crippen LogP contribution >= 0.6 is 23.2 Å². The largest absolute Gasteiger partial charge is 0.482 e. The number of nitrogens with zero attached hydrogens (tertiary/aromatic N) is 2. The van der Waals surface area contributed by atoms with Gasteiger partial charge in [-0.25, -0.2) is 5.43 Å². The molecule has 31 heavy (non-hydrogen) atoms. The van der Waals surface area contributed by atoms with Gasteiger partial charge in [-0.1, -0.05) is 71.7 Å². The summed E-state index contributed by atoms with van der Waals surface area (Å²) in [5.74, 6) is -0.0578. The Morgan fingerprint density at radius 2 is 1.81 bits per heavy atom. The van der Waals surface area contributed by atoms with Gasteiger partial charge in [0, 0.05) is 40.3 Å². The summed E-state index contributed by atoms with van der Waals surface area (Å²) in [4.78, 5) is 12.1. The van der Waals surface area contributed by atoms with E-state index in [1.807, 2.05) is 42.6 Å². The number of aromatic nitrogens is 1. The first-order valence-electron chi connectivity index (χ1n) is 9.62. The first-order chi connectivity index (χ1) is 15.1. The van der Waals surface area contributed by atoms with Crippen LogP contribution in [-0.2, 0) is 11.3 Å². The summed E-state index contributed by atoms with van der Waals surface area (Å²) in [5.41, 5.74) is 5.69. The first kappa shape index (κ1) is 21.0. The summed E-state index contributed by atoms with van der Waals surface area (Å²) in [6.45, 7) is 0.517. The number of carbonyl (C=O) groups is 1. The second-order valence-electron chi connectivity index (χ2n) is 6.87. The Kier molecular flexibility index (Phi) is 6.55. The zero-order valence-electron chi connectivity index (χ0n) is 16.5. The topological polar surface area (TPSA) is 55.6 Å². The van der Waals surface area contributed by atoms with Crippen molar-refractivity contribution in [3.63, 3.8) is 0 Å². The zero-order valence-corrected chi connectivity index (χ0v) is 18.0. The Morgan fingerprint density at radius 1 is 1.03 bits per heavy atom. The summed E-state index contributed by atoms with van der Waals surface area (Å²) in [5, 5.41) is 6.00. The van der Waals surface area contributed by atoms with Crippen LogP contribution in [0.15, 0.2) is 84.1 Å². The van der Waals surface area contributed by atoms with Gasteiger partial charge in [0.05, 0.1) is 11.2 Å². The number of benzene rings is 3. The van der Waals surface area contributed by atoms with Crippen molar-refractivity contribution in [2.45, 2.75) is 6.54 Å². The van der Waals surface area contributed by atoms with Crippen LogP contribution in [0.5, 0.6) is 5.75 Å². The molecule has 0 unspecified atom stereocenters. The van der Waals surface area contributed by atoms with Gasteiger partial charge in [-0.05, 0) is 23.8 Å². The third-order valence-electron chi connectivity index (χ3n) is 4.66. The molecule has 156 valence electrons. The minimum atomic E-state index is -0.402. The molecule has 1 aromatic heterocycles. The standard InChI is InChI=1S/C24H19Cl2N3O2/c25-19-10-11-21(26)23(12-19)31-16-24(30)28-27-13-18-15-29(14-17-6-2-1-3-7-17)22-9-5-4-8-20(18)22/h1-13,15H,14,16H2,(H,28,30). The monoisotopic (exact) mass is 451 g/mol. The maximum absolute atomic E-state index is 12.1. The zero-order chi connectivity index (χ0) is 21.6. The fraction of sp³-hybridized carbons (Fsp3) is 0.0833. The Morgan fingerprint density at radius 3 is 2.65 bits per heavy atom. The van der Waals surface area contributed by atoms with E-state index in [1.54, 1.807) is 24.4 Å². The molecular weight excluding hydrogens is 433 g/mol. The number of hydrogen-bond acceptors (Lipinski definition) is 3. The quantitative estimate of drug-likeness (QED) is 0.296. The van der Waals surface area contributed by atoms with Gasteiger partial charge in [-0.15, -0.1) is 0 Å². The lowest BCUT2D eigenvalue weighted by Crippen LogP contribution is -2.24. The van der Waals surface area contributed by atoms with Crippen molar-refractivity contribution >= 4 is 46.2 Å². The number of para-hydroxylation sites is 1. The summed E-state index contributed by atoms with van der Waals surface area (Å²) < 4.78 is 7.58. The van der Waals surface area contributed by atoms with Crippen molar-refractivity contribution in [2.75, 3.05) is 6.61 Å². The van der Waals surface area contributed by atoms with Crippen molar-refractivity contribution in [3.8, 4) is 5.75 Å². The van der Waals surface area contributed by atoms with Crippen LogP contribution in [-0.4, -0.2) is 23.3 Å². The fourth-order valence-corrected chi connectivity index (χ4v) is 3.56. The molecule has 0 aliphatic rings. The highest BCUT2D eigenvalue weighted by Gasteiger charge is 2.08. The molecule has 0 atom stereocenters. The molecule has 0 radical (unpaired) electrons. The summed E-state index contributed by atoms with van der Waals surface area (Å²) in [6.07, 6.45) is 3.66. The molecule has 0 aliphatic heterocycles. The Bertz CT molecular complexity index is 1240. The summed E-state index contributed by atoms with van der Waals surface area (Å²) in [6, 6.07) is 23.1. The van der Waals surface area contributed by atoms with E-state index in [0.29, 0.717) is 15.8 Å². The van der Waals surface area contributed by atoms with Gasteiger partial charge in [0.1, 0.15) is 5.75 Å². The van der Waals surface area contributed by atoms with E-state index < -0.39 is 5.91 Å². The van der Waals surface area contributed by atoms with Gasteiger partial charge in [-0.3, -0.25) is 4.79 Å². The summed E-state index contributed by atoms with van der Waals surface area (Å²) >= 11 is 12.0. The highest BCUT2D eigenvalue weighted by Crippen LogP contribution is 2.27. The lowest BCUT2D eigenvalue weighted by molar-refractivity contribution is -0.123. The molecule has 0 bridgehead atoms. The molecular formula is C24H19Cl2N3O2. The van der Waals surface area contributed by atoms with Crippen molar-refractivity contribution < 1.29 is 9.53 Å². The van der Waals surface area contributed by atoms with Crippen LogP contribution in [0.2, 0.25) is 10.0 Å². The van der Waals surface area contributed by atoms with E-state index in [-0.39, 0.29) is 6.61 Å². The molecule has 5 nitrogen and oxygen atoms in total. The van der Waals surface area contributed by atoms with Crippen LogP contribution < -0.4 is 10.2 Å². The second kappa shape index (κ2) is 9.69. The third kappa shape index (κ3) is 5.26. The van der Waals surface area contributed by atoms with Gasteiger partial charge in [0.25, 0.3) is 5.91 Å². The van der Waals surface area contributed by atoms with Crippen molar-refractivity contribution in [1.29, 1.82) is 0 Å². The normalized spacial score (nSPS) is 11.2. The van der Waals surface area contributed by atoms with Crippen LogP contribution in [0.3, 0.4) is 0 Å². The number of rotatable bonds is 7. The lowest BCUT2D eigenvalue weighted by Gasteiger charge is -2.07. The van der Waals surface area contributed by atoms with Crippen molar-refractivity contribution in [3.05, 3.63) is 100 Å². The maximum Gasteiger partial charge on any atom is 0.277 e. The molecule has 1 N–H and O–H groups in total. The smallest absolute Gasteiger partial charge is 0.277 e. The molecule has 4 rings (SSSR count). The molecule has 0 spiro atoms. The Labute approximate surface area is 189 Å². The number of hydrazone groups is 1. The fourth-order valence-electron chi connectivity index (χ4n) is 3.23. The second-order valence-corrected chi connectivity index (χ2v) is 7.72. The molecule has 1 amide bonds. The molecule has 3 aromatic carbocycles. The first-order valence-corrected chi connectivity index (χ1v) is 10.4. The molecule has 1 heterocycles. The molecule has 0 aliphatic carbocycles. The number of hydrogen-bond donors (Lipinski definition) is 1. The predicted octanol–water partition coefficient (Wildman–Crippen LogP) is 5.53. The predicted molar refractivity (Wildman–Crippen MR) is 125 cm³/mol. The van der Waals surface area contributed by atoms with Gasteiger partial charge in [-0.2, -0.15) is 5.10 Å². The highest BCUT2D eigenvalue weighted by atomic mass is 35.5. The van der Waals surface area contributed by atoms with Crippen molar-refractivity contribution in [1.82, 2.24) is 9.99 Å². The van der Waals surface area contributed by atoms with Crippen LogP contribution in [0.1, 0.15) is 11.1 Å². The third-order valence-corrected chi connectivity index (χ3v) is 5.21.